The summed E-state index contributed by atoms with van der Waals surface area (Å²) in [5.41, 5.74) is 5.33. The van der Waals surface area contributed by atoms with Gasteiger partial charge in [0.1, 0.15) is 0 Å². The van der Waals surface area contributed by atoms with E-state index in [1.54, 1.807) is 0 Å². The van der Waals surface area contributed by atoms with Crippen molar-refractivity contribution < 1.29 is 4.79 Å². The summed E-state index contributed by atoms with van der Waals surface area (Å²) in [6.07, 6.45) is 0. The van der Waals surface area contributed by atoms with Gasteiger partial charge in [-0.15, -0.1) is 0 Å². The zero-order valence-electron chi connectivity index (χ0n) is 15.3. The molecular weight excluding hydrogens is 320 g/mol. The Kier molecular flexibility index (Phi) is 5.69. The first-order chi connectivity index (χ1) is 12.6. The minimum Gasteiger partial charge on any atom is -0.316 e. The average molecular weight is 344 g/mol. The Morgan fingerprint density at radius 2 is 1.23 bits per heavy atom. The summed E-state index contributed by atoms with van der Waals surface area (Å²) in [5.74, 6) is 0. The van der Waals surface area contributed by atoms with Crippen molar-refractivity contribution >= 4 is 11.7 Å². The molecular formula is C23H24N2O. The highest BCUT2D eigenvalue weighted by molar-refractivity contribution is 5.89. The van der Waals surface area contributed by atoms with Crippen molar-refractivity contribution in [2.75, 3.05) is 5.32 Å². The van der Waals surface area contributed by atoms with Crippen molar-refractivity contribution in [3.63, 3.8) is 0 Å². The van der Waals surface area contributed by atoms with Crippen LogP contribution in [0.5, 0.6) is 0 Å². The van der Waals surface area contributed by atoms with Crippen LogP contribution in [0.1, 0.15) is 22.3 Å². The number of urea groups is 1. The maximum atomic E-state index is 13.0. The number of anilines is 1. The van der Waals surface area contributed by atoms with Crippen molar-refractivity contribution in [2.45, 2.75) is 26.9 Å². The van der Waals surface area contributed by atoms with Crippen LogP contribution in [-0.4, -0.2) is 10.9 Å². The molecule has 0 fully saturated rings. The van der Waals surface area contributed by atoms with E-state index >= 15 is 0 Å². The number of aryl methyl sites for hydroxylation is 2. The second-order valence-electron chi connectivity index (χ2n) is 6.63. The van der Waals surface area contributed by atoms with Gasteiger partial charge < -0.3 is 10.2 Å². The Balaban J connectivity index is 1.80. The van der Waals surface area contributed by atoms with Crippen LogP contribution in [0.15, 0.2) is 78.9 Å². The molecule has 3 rings (SSSR count). The molecule has 1 N–H and O–H groups in total. The molecule has 0 unspecified atom stereocenters. The minimum absolute atomic E-state index is 0.0947. The number of hydrogen-bond acceptors (Lipinski definition) is 1. The summed E-state index contributed by atoms with van der Waals surface area (Å²) in [4.78, 5) is 14.8. The van der Waals surface area contributed by atoms with E-state index in [1.165, 1.54) is 0 Å². The molecule has 0 atom stereocenters. The monoisotopic (exact) mass is 344 g/mol. The molecule has 3 heteroatoms. The summed E-state index contributed by atoms with van der Waals surface area (Å²) >= 11 is 0. The summed E-state index contributed by atoms with van der Waals surface area (Å²) in [5, 5.41) is 3.05. The van der Waals surface area contributed by atoms with Crippen LogP contribution in [0.2, 0.25) is 0 Å². The zero-order valence-corrected chi connectivity index (χ0v) is 15.3. The van der Waals surface area contributed by atoms with Gasteiger partial charge in [0.15, 0.2) is 0 Å². The molecule has 0 saturated carbocycles. The van der Waals surface area contributed by atoms with E-state index in [4.69, 9.17) is 0 Å². The first-order valence-electron chi connectivity index (χ1n) is 8.82. The van der Waals surface area contributed by atoms with Crippen molar-refractivity contribution in [1.82, 2.24) is 4.90 Å². The lowest BCUT2D eigenvalue weighted by Crippen LogP contribution is -2.34. The van der Waals surface area contributed by atoms with E-state index in [0.29, 0.717) is 13.1 Å². The lowest BCUT2D eigenvalue weighted by Gasteiger charge is -2.24. The molecule has 0 aromatic heterocycles. The van der Waals surface area contributed by atoms with Gasteiger partial charge in [0.05, 0.1) is 0 Å². The zero-order chi connectivity index (χ0) is 18.4. The molecule has 0 bridgehead atoms. The lowest BCUT2D eigenvalue weighted by molar-refractivity contribution is 0.206. The Morgan fingerprint density at radius 1 is 0.769 bits per heavy atom. The van der Waals surface area contributed by atoms with E-state index in [2.05, 4.69) is 11.4 Å². The second-order valence-corrected chi connectivity index (χ2v) is 6.63. The van der Waals surface area contributed by atoms with Gasteiger partial charge in [-0.2, -0.15) is 0 Å². The minimum atomic E-state index is -0.0947. The molecule has 0 heterocycles. The third kappa shape index (κ3) is 4.96. The molecule has 0 radical (unpaired) electrons. The molecule has 2 amide bonds. The van der Waals surface area contributed by atoms with Gasteiger partial charge >= 0.3 is 6.03 Å². The summed E-state index contributed by atoms with van der Waals surface area (Å²) in [6.45, 7) is 5.20. The van der Waals surface area contributed by atoms with Crippen molar-refractivity contribution in [1.29, 1.82) is 0 Å². The maximum Gasteiger partial charge on any atom is 0.322 e. The predicted octanol–water partition coefficient (Wildman–Crippen LogP) is 5.54. The van der Waals surface area contributed by atoms with Crippen LogP contribution in [0.25, 0.3) is 0 Å². The molecule has 26 heavy (non-hydrogen) atoms. The van der Waals surface area contributed by atoms with Crippen molar-refractivity contribution in [3.05, 3.63) is 101 Å². The number of amides is 2. The van der Waals surface area contributed by atoms with Crippen LogP contribution < -0.4 is 5.32 Å². The second kappa shape index (κ2) is 8.34. The smallest absolute Gasteiger partial charge is 0.316 e. The molecule has 3 nitrogen and oxygen atoms in total. The van der Waals surface area contributed by atoms with E-state index in [0.717, 1.165) is 27.9 Å². The SMILES string of the molecule is Cc1cc(C)cc(NC(=O)N(Cc2ccccc2)Cc2ccccc2)c1. The quantitative estimate of drug-likeness (QED) is 0.648. The van der Waals surface area contributed by atoms with E-state index in [1.807, 2.05) is 91.5 Å². The molecule has 0 saturated heterocycles. The summed E-state index contributed by atoms with van der Waals surface area (Å²) in [7, 11) is 0. The maximum absolute atomic E-state index is 13.0. The molecule has 0 aliphatic rings. The Morgan fingerprint density at radius 3 is 1.69 bits per heavy atom. The molecule has 3 aromatic rings. The van der Waals surface area contributed by atoms with Crippen molar-refractivity contribution in [3.8, 4) is 0 Å². The highest BCUT2D eigenvalue weighted by atomic mass is 16.2. The normalized spacial score (nSPS) is 10.4. The summed E-state index contributed by atoms with van der Waals surface area (Å²) < 4.78 is 0. The third-order valence-corrected chi connectivity index (χ3v) is 4.19. The van der Waals surface area contributed by atoms with Gasteiger partial charge in [0, 0.05) is 18.8 Å². The average Bonchev–Trinajstić information content (AvgIpc) is 2.62. The molecule has 0 spiro atoms. The Bertz CT molecular complexity index is 798. The number of benzene rings is 3. The van der Waals surface area contributed by atoms with Gasteiger partial charge in [0.2, 0.25) is 0 Å². The van der Waals surface area contributed by atoms with Crippen LogP contribution >= 0.6 is 0 Å². The number of carbonyl (C=O) groups excluding carboxylic acids is 1. The van der Waals surface area contributed by atoms with Gasteiger partial charge in [-0.3, -0.25) is 0 Å². The highest BCUT2D eigenvalue weighted by Crippen LogP contribution is 2.16. The number of rotatable bonds is 5. The lowest BCUT2D eigenvalue weighted by atomic mass is 10.1. The van der Waals surface area contributed by atoms with Gasteiger partial charge in [0.25, 0.3) is 0 Å². The Labute approximate surface area is 155 Å². The highest BCUT2D eigenvalue weighted by Gasteiger charge is 2.15. The van der Waals surface area contributed by atoms with E-state index in [9.17, 15) is 4.79 Å². The van der Waals surface area contributed by atoms with Gasteiger partial charge in [-0.05, 0) is 48.2 Å². The summed E-state index contributed by atoms with van der Waals surface area (Å²) in [6, 6.07) is 26.1. The van der Waals surface area contributed by atoms with Crippen LogP contribution in [0.3, 0.4) is 0 Å². The molecule has 132 valence electrons. The Hall–Kier alpha value is -3.07. The van der Waals surface area contributed by atoms with E-state index < -0.39 is 0 Å². The fourth-order valence-corrected chi connectivity index (χ4v) is 3.06. The number of nitrogens with one attached hydrogen (secondary N) is 1. The topological polar surface area (TPSA) is 32.3 Å². The standard InChI is InChI=1S/C23H24N2O/c1-18-13-19(2)15-22(14-18)24-23(26)25(16-20-9-5-3-6-10-20)17-21-11-7-4-8-12-21/h3-15H,16-17H2,1-2H3,(H,24,26). The first-order valence-corrected chi connectivity index (χ1v) is 8.82. The molecule has 0 aliphatic heterocycles. The van der Waals surface area contributed by atoms with Crippen LogP contribution in [0, 0.1) is 13.8 Å². The fourth-order valence-electron chi connectivity index (χ4n) is 3.06. The van der Waals surface area contributed by atoms with Gasteiger partial charge in [-0.25, -0.2) is 4.79 Å². The third-order valence-electron chi connectivity index (χ3n) is 4.19. The number of carbonyl (C=O) groups is 1. The fraction of sp³-hybridized carbons (Fsp3) is 0.174. The van der Waals surface area contributed by atoms with E-state index in [-0.39, 0.29) is 6.03 Å². The molecule has 0 aliphatic carbocycles. The number of hydrogen-bond donors (Lipinski definition) is 1. The number of nitrogens with zero attached hydrogens (tertiary/aromatic N) is 1. The molecule has 3 aromatic carbocycles. The largest absolute Gasteiger partial charge is 0.322 e. The first kappa shape index (κ1) is 17.7. The van der Waals surface area contributed by atoms with Crippen molar-refractivity contribution in [2.24, 2.45) is 0 Å². The predicted molar refractivity (Wildman–Crippen MR) is 107 cm³/mol. The van der Waals surface area contributed by atoms with Crippen LogP contribution in [0.4, 0.5) is 10.5 Å². The van der Waals surface area contributed by atoms with Crippen LogP contribution in [-0.2, 0) is 13.1 Å². The van der Waals surface area contributed by atoms with Gasteiger partial charge in [-0.1, -0.05) is 66.7 Å².